The lowest BCUT2D eigenvalue weighted by Gasteiger charge is -2.24. The third kappa shape index (κ3) is 5.59. The molecule has 1 aliphatic rings. The molecule has 0 spiro atoms. The summed E-state index contributed by atoms with van der Waals surface area (Å²) in [5.74, 6) is 0.632. The molecule has 1 heterocycles. The second-order valence-corrected chi connectivity index (χ2v) is 7.42. The van der Waals surface area contributed by atoms with Crippen LogP contribution in [0, 0.1) is 5.92 Å². The number of amides is 1. The van der Waals surface area contributed by atoms with Crippen LogP contribution in [0.1, 0.15) is 32.8 Å². The summed E-state index contributed by atoms with van der Waals surface area (Å²) in [5, 5.41) is 13.7. The summed E-state index contributed by atoms with van der Waals surface area (Å²) in [7, 11) is 0. The molecule has 0 radical (unpaired) electrons. The van der Waals surface area contributed by atoms with Gasteiger partial charge >= 0.3 is 6.09 Å². The Labute approximate surface area is 142 Å². The first kappa shape index (κ1) is 17.9. The van der Waals surface area contributed by atoms with Crippen molar-refractivity contribution in [3.63, 3.8) is 0 Å². The van der Waals surface area contributed by atoms with E-state index in [4.69, 9.17) is 16.3 Å². The van der Waals surface area contributed by atoms with Gasteiger partial charge in [-0.25, -0.2) is 4.79 Å². The summed E-state index contributed by atoms with van der Waals surface area (Å²) in [6.07, 6.45) is 0.709. The second-order valence-electron chi connectivity index (χ2n) is 6.98. The Morgan fingerprint density at radius 2 is 2.22 bits per heavy atom. The molecule has 6 heteroatoms. The van der Waals surface area contributed by atoms with Gasteiger partial charge in [0.25, 0.3) is 0 Å². The number of carbonyl (C=O) groups is 1. The van der Waals surface area contributed by atoms with E-state index in [1.165, 1.54) is 0 Å². The van der Waals surface area contributed by atoms with Gasteiger partial charge in [-0.1, -0.05) is 11.6 Å². The van der Waals surface area contributed by atoms with Crippen LogP contribution in [-0.2, 0) is 11.3 Å². The molecule has 1 unspecified atom stereocenters. The zero-order valence-electron chi connectivity index (χ0n) is 13.9. The Balaban J connectivity index is 1.76. The van der Waals surface area contributed by atoms with Gasteiger partial charge in [-0.05, 0) is 51.3 Å². The number of phenolic OH excluding ortho intramolecular Hbond substituents is 1. The number of hydrogen-bond acceptors (Lipinski definition) is 4. The highest BCUT2D eigenvalue weighted by Crippen LogP contribution is 2.22. The SMILES string of the molecule is CC(C)(C)OC(=O)N1CCC(CNCc2cc(Cl)ccc2O)C1. The highest BCUT2D eigenvalue weighted by molar-refractivity contribution is 6.30. The largest absolute Gasteiger partial charge is 0.508 e. The third-order valence-electron chi connectivity index (χ3n) is 3.73. The van der Waals surface area contributed by atoms with Crippen molar-refractivity contribution < 1.29 is 14.6 Å². The third-order valence-corrected chi connectivity index (χ3v) is 3.96. The zero-order valence-corrected chi connectivity index (χ0v) is 14.7. The smallest absolute Gasteiger partial charge is 0.410 e. The minimum Gasteiger partial charge on any atom is -0.508 e. The van der Waals surface area contributed by atoms with E-state index in [1.807, 2.05) is 20.8 Å². The maximum Gasteiger partial charge on any atom is 0.410 e. The Morgan fingerprint density at radius 1 is 1.48 bits per heavy atom. The standard InChI is InChI=1S/C17H25ClN2O3/c1-17(2,3)23-16(22)20-7-6-12(11-20)9-19-10-13-8-14(18)4-5-15(13)21/h4-5,8,12,19,21H,6-7,9-11H2,1-3H3. The highest BCUT2D eigenvalue weighted by Gasteiger charge is 2.29. The van der Waals surface area contributed by atoms with Gasteiger partial charge in [0.05, 0.1) is 0 Å². The van der Waals surface area contributed by atoms with Crippen molar-refractivity contribution in [1.29, 1.82) is 0 Å². The van der Waals surface area contributed by atoms with Gasteiger partial charge in [0.2, 0.25) is 0 Å². The van der Waals surface area contributed by atoms with E-state index in [0.717, 1.165) is 25.1 Å². The molecule has 1 amide bonds. The number of benzene rings is 1. The summed E-state index contributed by atoms with van der Waals surface area (Å²) >= 11 is 5.93. The molecule has 1 aliphatic heterocycles. The lowest BCUT2D eigenvalue weighted by atomic mass is 10.1. The number of carbonyl (C=O) groups excluding carboxylic acids is 1. The molecule has 2 rings (SSSR count). The van der Waals surface area contributed by atoms with Crippen molar-refractivity contribution in [3.8, 4) is 5.75 Å². The summed E-state index contributed by atoms with van der Waals surface area (Å²) in [6, 6.07) is 5.01. The van der Waals surface area contributed by atoms with Crippen LogP contribution in [0.3, 0.4) is 0 Å². The van der Waals surface area contributed by atoms with Crippen LogP contribution >= 0.6 is 11.6 Å². The fourth-order valence-electron chi connectivity index (χ4n) is 2.60. The predicted molar refractivity (Wildman–Crippen MR) is 90.7 cm³/mol. The van der Waals surface area contributed by atoms with Crippen LogP contribution in [0.2, 0.25) is 5.02 Å². The van der Waals surface area contributed by atoms with Gasteiger partial charge in [0, 0.05) is 36.8 Å². The Bertz CT molecular complexity index is 557. The first-order valence-corrected chi connectivity index (χ1v) is 8.28. The van der Waals surface area contributed by atoms with E-state index in [0.29, 0.717) is 24.0 Å². The van der Waals surface area contributed by atoms with E-state index in [1.54, 1.807) is 23.1 Å². The van der Waals surface area contributed by atoms with Crippen molar-refractivity contribution in [1.82, 2.24) is 10.2 Å². The molecule has 128 valence electrons. The van der Waals surface area contributed by atoms with Crippen molar-refractivity contribution in [2.24, 2.45) is 5.92 Å². The molecular weight excluding hydrogens is 316 g/mol. The predicted octanol–water partition coefficient (Wildman–Crippen LogP) is 3.39. The van der Waals surface area contributed by atoms with Gasteiger partial charge in [0.1, 0.15) is 11.4 Å². The molecule has 1 atom stereocenters. The molecule has 0 bridgehead atoms. The normalized spacial score (nSPS) is 18.3. The van der Waals surface area contributed by atoms with Gasteiger partial charge in [-0.15, -0.1) is 0 Å². The number of aromatic hydroxyl groups is 1. The van der Waals surface area contributed by atoms with Gasteiger partial charge < -0.3 is 20.1 Å². The molecule has 2 N–H and O–H groups in total. The van der Waals surface area contributed by atoms with Gasteiger partial charge in [-0.3, -0.25) is 0 Å². The summed E-state index contributed by atoms with van der Waals surface area (Å²) < 4.78 is 5.39. The molecule has 0 saturated carbocycles. The molecule has 1 saturated heterocycles. The second kappa shape index (κ2) is 7.41. The number of ether oxygens (including phenoxy) is 1. The zero-order chi connectivity index (χ0) is 17.0. The molecule has 5 nitrogen and oxygen atoms in total. The number of hydrogen-bond donors (Lipinski definition) is 2. The van der Waals surface area contributed by atoms with E-state index in [-0.39, 0.29) is 11.8 Å². The average Bonchev–Trinajstić information content (AvgIpc) is 2.90. The van der Waals surface area contributed by atoms with Crippen LogP contribution in [0.15, 0.2) is 18.2 Å². The first-order valence-electron chi connectivity index (χ1n) is 7.90. The quantitative estimate of drug-likeness (QED) is 0.882. The van der Waals surface area contributed by atoms with E-state index < -0.39 is 5.60 Å². The molecule has 23 heavy (non-hydrogen) atoms. The molecule has 0 aromatic heterocycles. The average molecular weight is 341 g/mol. The number of halogens is 1. The van der Waals surface area contributed by atoms with E-state index in [9.17, 15) is 9.90 Å². The van der Waals surface area contributed by atoms with Crippen LogP contribution in [0.25, 0.3) is 0 Å². The maximum atomic E-state index is 12.0. The van der Waals surface area contributed by atoms with Gasteiger partial charge in [-0.2, -0.15) is 0 Å². The van der Waals surface area contributed by atoms with Crippen molar-refractivity contribution in [2.75, 3.05) is 19.6 Å². The number of rotatable bonds is 4. The molecule has 1 aromatic rings. The van der Waals surface area contributed by atoms with Crippen molar-refractivity contribution in [3.05, 3.63) is 28.8 Å². The van der Waals surface area contributed by atoms with Crippen LogP contribution in [-0.4, -0.2) is 41.3 Å². The Hall–Kier alpha value is -1.46. The molecule has 0 aliphatic carbocycles. The minimum atomic E-state index is -0.461. The minimum absolute atomic E-state index is 0.240. The summed E-state index contributed by atoms with van der Waals surface area (Å²) in [6.45, 7) is 8.38. The lowest BCUT2D eigenvalue weighted by molar-refractivity contribution is 0.0288. The van der Waals surface area contributed by atoms with Crippen LogP contribution < -0.4 is 5.32 Å². The van der Waals surface area contributed by atoms with Crippen LogP contribution in [0.5, 0.6) is 5.75 Å². The maximum absolute atomic E-state index is 12.0. The molecule has 1 fully saturated rings. The number of phenols is 1. The lowest BCUT2D eigenvalue weighted by Crippen LogP contribution is -2.36. The fraction of sp³-hybridized carbons (Fsp3) is 0.588. The Morgan fingerprint density at radius 3 is 2.91 bits per heavy atom. The monoisotopic (exact) mass is 340 g/mol. The first-order chi connectivity index (χ1) is 10.7. The highest BCUT2D eigenvalue weighted by atomic mass is 35.5. The summed E-state index contributed by atoms with van der Waals surface area (Å²) in [5.41, 5.74) is 0.317. The van der Waals surface area contributed by atoms with Crippen molar-refractivity contribution >= 4 is 17.7 Å². The van der Waals surface area contributed by atoms with E-state index >= 15 is 0 Å². The van der Waals surface area contributed by atoms with Gasteiger partial charge in [0.15, 0.2) is 0 Å². The fourth-order valence-corrected chi connectivity index (χ4v) is 2.79. The summed E-state index contributed by atoms with van der Waals surface area (Å²) in [4.78, 5) is 13.8. The topological polar surface area (TPSA) is 61.8 Å². The molecular formula is C17H25ClN2O3. The number of nitrogens with one attached hydrogen (secondary N) is 1. The molecule has 1 aromatic carbocycles. The number of likely N-dealkylation sites (tertiary alicyclic amines) is 1. The number of nitrogens with zero attached hydrogens (tertiary/aromatic N) is 1. The van der Waals surface area contributed by atoms with E-state index in [2.05, 4.69) is 5.32 Å². The van der Waals surface area contributed by atoms with Crippen molar-refractivity contribution in [2.45, 2.75) is 39.3 Å². The van der Waals surface area contributed by atoms with Crippen LogP contribution in [0.4, 0.5) is 4.79 Å². The Kier molecular flexibility index (Phi) is 5.76.